The number of piperazine rings is 1. The first kappa shape index (κ1) is 14.8. The number of carbonyl (C=O) groups excluding carboxylic acids is 1. The Labute approximate surface area is 134 Å². The van der Waals surface area contributed by atoms with E-state index < -0.39 is 0 Å². The fourth-order valence-corrected chi connectivity index (χ4v) is 3.35. The summed E-state index contributed by atoms with van der Waals surface area (Å²) in [5, 5.41) is 10.9. The molecule has 1 aromatic carbocycles. The van der Waals surface area contributed by atoms with Gasteiger partial charge in [0.1, 0.15) is 0 Å². The van der Waals surface area contributed by atoms with Crippen molar-refractivity contribution in [1.29, 1.82) is 5.26 Å². The number of hydrogen-bond acceptors (Lipinski definition) is 4. The summed E-state index contributed by atoms with van der Waals surface area (Å²) in [4.78, 5) is 17.4. The van der Waals surface area contributed by atoms with E-state index in [2.05, 4.69) is 11.0 Å². The summed E-state index contributed by atoms with van der Waals surface area (Å²) in [5.41, 5.74) is 1.85. The highest BCUT2D eigenvalue weighted by Crippen LogP contribution is 2.15. The standard InChI is InChI=1S/C17H17N3OS/c18-12-14-3-1-4-15(11-14)13-19-6-8-20(9-7-19)17(21)16-5-2-10-22-16/h1-5,10-11H,6-9,13H2. The van der Waals surface area contributed by atoms with Crippen LogP contribution in [0.15, 0.2) is 41.8 Å². The van der Waals surface area contributed by atoms with Gasteiger partial charge in [-0.05, 0) is 29.1 Å². The van der Waals surface area contributed by atoms with Crippen LogP contribution >= 0.6 is 11.3 Å². The summed E-state index contributed by atoms with van der Waals surface area (Å²) in [6, 6.07) is 13.7. The van der Waals surface area contributed by atoms with Crippen molar-refractivity contribution in [3.63, 3.8) is 0 Å². The number of thiophene rings is 1. The zero-order valence-corrected chi connectivity index (χ0v) is 13.1. The minimum absolute atomic E-state index is 0.140. The van der Waals surface area contributed by atoms with Gasteiger partial charge in [-0.25, -0.2) is 0 Å². The van der Waals surface area contributed by atoms with Crippen LogP contribution in [-0.2, 0) is 6.54 Å². The van der Waals surface area contributed by atoms with Crippen LogP contribution in [0.3, 0.4) is 0 Å². The first-order valence-corrected chi connectivity index (χ1v) is 8.18. The van der Waals surface area contributed by atoms with E-state index in [9.17, 15) is 4.79 Å². The van der Waals surface area contributed by atoms with E-state index in [0.717, 1.165) is 43.2 Å². The Balaban J connectivity index is 1.55. The van der Waals surface area contributed by atoms with Crippen molar-refractivity contribution in [1.82, 2.24) is 9.80 Å². The average molecular weight is 311 g/mol. The third kappa shape index (κ3) is 3.35. The van der Waals surface area contributed by atoms with Crippen LogP contribution in [0.25, 0.3) is 0 Å². The molecule has 1 saturated heterocycles. The summed E-state index contributed by atoms with van der Waals surface area (Å²) in [5.74, 6) is 0.140. The average Bonchev–Trinajstić information content (AvgIpc) is 3.09. The minimum atomic E-state index is 0.140. The third-order valence-electron chi connectivity index (χ3n) is 3.85. The Morgan fingerprint density at radius 3 is 2.68 bits per heavy atom. The van der Waals surface area contributed by atoms with Crippen LogP contribution in [0, 0.1) is 11.3 Å². The molecule has 1 amide bonds. The molecule has 112 valence electrons. The van der Waals surface area contributed by atoms with Gasteiger partial charge in [0.25, 0.3) is 5.91 Å². The molecule has 0 atom stereocenters. The maximum Gasteiger partial charge on any atom is 0.264 e. The summed E-state index contributed by atoms with van der Waals surface area (Å²) >= 11 is 1.50. The molecule has 5 heteroatoms. The third-order valence-corrected chi connectivity index (χ3v) is 4.71. The van der Waals surface area contributed by atoms with Crippen LogP contribution in [0.4, 0.5) is 0 Å². The molecular weight excluding hydrogens is 294 g/mol. The van der Waals surface area contributed by atoms with Crippen LogP contribution in [0.5, 0.6) is 0 Å². The molecule has 3 rings (SSSR count). The fourth-order valence-electron chi connectivity index (χ4n) is 2.66. The molecule has 22 heavy (non-hydrogen) atoms. The lowest BCUT2D eigenvalue weighted by Gasteiger charge is -2.34. The van der Waals surface area contributed by atoms with Crippen LogP contribution < -0.4 is 0 Å². The predicted molar refractivity (Wildman–Crippen MR) is 86.7 cm³/mol. The van der Waals surface area contributed by atoms with E-state index in [-0.39, 0.29) is 5.91 Å². The molecule has 0 radical (unpaired) electrons. The minimum Gasteiger partial charge on any atom is -0.335 e. The molecule has 1 aliphatic rings. The van der Waals surface area contributed by atoms with E-state index in [1.807, 2.05) is 46.7 Å². The molecule has 0 bridgehead atoms. The highest BCUT2D eigenvalue weighted by atomic mass is 32.1. The quantitative estimate of drug-likeness (QED) is 0.875. The number of benzene rings is 1. The molecule has 1 aromatic heterocycles. The first-order valence-electron chi connectivity index (χ1n) is 7.30. The Kier molecular flexibility index (Phi) is 4.52. The smallest absolute Gasteiger partial charge is 0.264 e. The first-order chi connectivity index (χ1) is 10.8. The van der Waals surface area contributed by atoms with Gasteiger partial charge in [-0.2, -0.15) is 5.26 Å². The molecule has 1 aliphatic heterocycles. The predicted octanol–water partition coefficient (Wildman–Crippen LogP) is 2.58. The van der Waals surface area contributed by atoms with E-state index >= 15 is 0 Å². The molecule has 2 heterocycles. The molecular formula is C17H17N3OS. The molecule has 4 nitrogen and oxygen atoms in total. The van der Waals surface area contributed by atoms with E-state index in [4.69, 9.17) is 5.26 Å². The summed E-state index contributed by atoms with van der Waals surface area (Å²) in [6.45, 7) is 4.09. The van der Waals surface area contributed by atoms with E-state index in [0.29, 0.717) is 5.56 Å². The zero-order chi connectivity index (χ0) is 15.4. The summed E-state index contributed by atoms with van der Waals surface area (Å²) < 4.78 is 0. The van der Waals surface area contributed by atoms with Gasteiger partial charge in [-0.3, -0.25) is 9.69 Å². The van der Waals surface area contributed by atoms with Crippen molar-refractivity contribution in [2.24, 2.45) is 0 Å². The normalized spacial score (nSPS) is 15.5. The van der Waals surface area contributed by atoms with Gasteiger partial charge < -0.3 is 4.90 Å². The fraction of sp³-hybridized carbons (Fsp3) is 0.294. The maximum absolute atomic E-state index is 12.3. The number of carbonyl (C=O) groups is 1. The van der Waals surface area contributed by atoms with Crippen molar-refractivity contribution in [3.8, 4) is 6.07 Å². The molecule has 0 saturated carbocycles. The SMILES string of the molecule is N#Cc1cccc(CN2CCN(C(=O)c3cccs3)CC2)c1. The van der Waals surface area contributed by atoms with Gasteiger partial charge in [0, 0.05) is 32.7 Å². The lowest BCUT2D eigenvalue weighted by atomic mass is 10.1. The molecule has 2 aromatic rings. The highest BCUT2D eigenvalue weighted by molar-refractivity contribution is 7.12. The van der Waals surface area contributed by atoms with Gasteiger partial charge in [0.15, 0.2) is 0 Å². The van der Waals surface area contributed by atoms with Crippen molar-refractivity contribution >= 4 is 17.2 Å². The topological polar surface area (TPSA) is 47.3 Å². The second-order valence-corrected chi connectivity index (χ2v) is 6.31. The van der Waals surface area contributed by atoms with Crippen molar-refractivity contribution < 1.29 is 4.79 Å². The number of nitrogens with zero attached hydrogens (tertiary/aromatic N) is 3. The second kappa shape index (κ2) is 6.73. The Hall–Kier alpha value is -2.16. The van der Waals surface area contributed by atoms with Crippen LogP contribution in [0.2, 0.25) is 0 Å². The number of rotatable bonds is 3. The van der Waals surface area contributed by atoms with E-state index in [1.165, 1.54) is 11.3 Å². The molecule has 0 N–H and O–H groups in total. The van der Waals surface area contributed by atoms with Crippen molar-refractivity contribution in [2.45, 2.75) is 6.54 Å². The Morgan fingerprint density at radius 1 is 1.18 bits per heavy atom. The van der Waals surface area contributed by atoms with Crippen LogP contribution in [0.1, 0.15) is 20.8 Å². The molecule has 0 spiro atoms. The van der Waals surface area contributed by atoms with Crippen molar-refractivity contribution in [2.75, 3.05) is 26.2 Å². The van der Waals surface area contributed by atoms with Gasteiger partial charge in [-0.1, -0.05) is 18.2 Å². The molecule has 0 aliphatic carbocycles. The van der Waals surface area contributed by atoms with Gasteiger partial charge in [0.05, 0.1) is 16.5 Å². The Morgan fingerprint density at radius 2 is 2.00 bits per heavy atom. The largest absolute Gasteiger partial charge is 0.335 e. The monoisotopic (exact) mass is 311 g/mol. The van der Waals surface area contributed by atoms with Crippen LogP contribution in [-0.4, -0.2) is 41.9 Å². The maximum atomic E-state index is 12.3. The van der Waals surface area contributed by atoms with E-state index in [1.54, 1.807) is 0 Å². The molecule has 1 fully saturated rings. The van der Waals surface area contributed by atoms with Gasteiger partial charge in [-0.15, -0.1) is 11.3 Å². The second-order valence-electron chi connectivity index (χ2n) is 5.36. The summed E-state index contributed by atoms with van der Waals surface area (Å²) in [7, 11) is 0. The number of hydrogen-bond donors (Lipinski definition) is 0. The lowest BCUT2D eigenvalue weighted by molar-refractivity contribution is 0.0633. The highest BCUT2D eigenvalue weighted by Gasteiger charge is 2.22. The molecule has 0 unspecified atom stereocenters. The summed E-state index contributed by atoms with van der Waals surface area (Å²) in [6.07, 6.45) is 0. The van der Waals surface area contributed by atoms with Crippen molar-refractivity contribution in [3.05, 3.63) is 57.8 Å². The van der Waals surface area contributed by atoms with Gasteiger partial charge in [0.2, 0.25) is 0 Å². The number of amides is 1. The number of nitriles is 1. The lowest BCUT2D eigenvalue weighted by Crippen LogP contribution is -2.48. The van der Waals surface area contributed by atoms with Gasteiger partial charge >= 0.3 is 0 Å². The zero-order valence-electron chi connectivity index (χ0n) is 12.2. The Bertz CT molecular complexity index is 682.